The summed E-state index contributed by atoms with van der Waals surface area (Å²) in [6.45, 7) is 2.46. The number of nitrogens with zero attached hydrogens (tertiary/aromatic N) is 1. The summed E-state index contributed by atoms with van der Waals surface area (Å²) in [5, 5.41) is 0. The Morgan fingerprint density at radius 2 is 2.33 bits per heavy atom. The lowest BCUT2D eigenvalue weighted by molar-refractivity contribution is 0.349. The Balaban J connectivity index is 1.98. The molecule has 1 aromatic rings. The molecule has 15 heavy (non-hydrogen) atoms. The third-order valence-electron chi connectivity index (χ3n) is 2.85. The quantitative estimate of drug-likeness (QED) is 0.747. The molecular weight excluding hydrogens is 188 g/mol. The van der Waals surface area contributed by atoms with E-state index in [0.717, 1.165) is 31.7 Å². The number of likely N-dealkylation sites (N-methyl/N-ethyl adjacent to an activating group) is 1. The second-order valence-electron chi connectivity index (χ2n) is 4.05. The molecule has 0 radical (unpaired) electrons. The van der Waals surface area contributed by atoms with Gasteiger partial charge in [-0.15, -0.1) is 0 Å². The number of fused-ring (bicyclic) bond motifs is 1. The van der Waals surface area contributed by atoms with E-state index in [1.165, 1.54) is 11.1 Å². The molecule has 2 N–H and O–H groups in total. The first-order valence-electron chi connectivity index (χ1n) is 5.43. The average Bonchev–Trinajstić information content (AvgIpc) is 2.72. The van der Waals surface area contributed by atoms with Crippen LogP contribution in [0, 0.1) is 0 Å². The van der Waals surface area contributed by atoms with E-state index >= 15 is 0 Å². The van der Waals surface area contributed by atoms with Gasteiger partial charge in [0.1, 0.15) is 5.75 Å². The van der Waals surface area contributed by atoms with Gasteiger partial charge in [0.05, 0.1) is 6.61 Å². The number of ether oxygens (including phenoxy) is 1. The molecule has 0 amide bonds. The Labute approximate surface area is 90.8 Å². The molecule has 1 aromatic carbocycles. The highest BCUT2D eigenvalue weighted by Crippen LogP contribution is 2.25. The topological polar surface area (TPSA) is 38.5 Å². The van der Waals surface area contributed by atoms with Gasteiger partial charge in [-0.2, -0.15) is 0 Å². The predicted octanol–water partition coefficient (Wildman–Crippen LogP) is 1.01. The minimum atomic E-state index is 0.619. The second kappa shape index (κ2) is 4.64. The standard InChI is InChI=1S/C12H18N2O/c1-14(9-13)6-4-10-2-3-12-11(8-10)5-7-15-12/h2-3,8H,4-7,9,13H2,1H3. The van der Waals surface area contributed by atoms with Gasteiger partial charge in [0.2, 0.25) is 0 Å². The van der Waals surface area contributed by atoms with Gasteiger partial charge in [-0.05, 0) is 30.7 Å². The summed E-state index contributed by atoms with van der Waals surface area (Å²) in [5.74, 6) is 1.06. The highest BCUT2D eigenvalue weighted by atomic mass is 16.5. The van der Waals surface area contributed by atoms with E-state index in [1.807, 2.05) is 7.05 Å². The molecule has 1 aliphatic heterocycles. The van der Waals surface area contributed by atoms with Crippen LogP contribution in [0.15, 0.2) is 18.2 Å². The summed E-state index contributed by atoms with van der Waals surface area (Å²) in [4.78, 5) is 2.11. The molecule has 1 heterocycles. The van der Waals surface area contributed by atoms with Crippen LogP contribution in [0.2, 0.25) is 0 Å². The van der Waals surface area contributed by atoms with E-state index < -0.39 is 0 Å². The molecule has 0 aliphatic carbocycles. The van der Waals surface area contributed by atoms with Gasteiger partial charge in [-0.1, -0.05) is 12.1 Å². The Hall–Kier alpha value is -1.06. The van der Waals surface area contributed by atoms with Crippen molar-refractivity contribution in [2.45, 2.75) is 12.8 Å². The summed E-state index contributed by atoms with van der Waals surface area (Å²) in [6, 6.07) is 6.49. The van der Waals surface area contributed by atoms with Gasteiger partial charge in [0.15, 0.2) is 0 Å². The molecule has 0 saturated heterocycles. The highest BCUT2D eigenvalue weighted by molar-refractivity contribution is 5.39. The Bertz CT molecular complexity index is 338. The predicted molar refractivity (Wildman–Crippen MR) is 61.0 cm³/mol. The fourth-order valence-corrected chi connectivity index (χ4v) is 1.81. The first kappa shape index (κ1) is 10.5. The van der Waals surface area contributed by atoms with Crippen molar-refractivity contribution < 1.29 is 4.74 Å². The molecule has 2 rings (SSSR count). The van der Waals surface area contributed by atoms with E-state index in [2.05, 4.69) is 23.1 Å². The Morgan fingerprint density at radius 1 is 1.47 bits per heavy atom. The van der Waals surface area contributed by atoms with E-state index in [1.54, 1.807) is 0 Å². The average molecular weight is 206 g/mol. The zero-order valence-corrected chi connectivity index (χ0v) is 9.20. The van der Waals surface area contributed by atoms with Crippen molar-refractivity contribution in [3.05, 3.63) is 29.3 Å². The number of hydrogen-bond acceptors (Lipinski definition) is 3. The van der Waals surface area contributed by atoms with Crippen LogP contribution >= 0.6 is 0 Å². The molecule has 0 saturated carbocycles. The Kier molecular flexibility index (Phi) is 3.23. The van der Waals surface area contributed by atoms with E-state index in [0.29, 0.717) is 6.67 Å². The fourth-order valence-electron chi connectivity index (χ4n) is 1.81. The molecule has 1 aliphatic rings. The maximum atomic E-state index is 5.53. The molecule has 82 valence electrons. The number of benzene rings is 1. The van der Waals surface area contributed by atoms with Gasteiger partial charge < -0.3 is 10.5 Å². The molecule has 3 heteroatoms. The summed E-state index contributed by atoms with van der Waals surface area (Å²) in [7, 11) is 2.04. The van der Waals surface area contributed by atoms with Crippen molar-refractivity contribution in [2.24, 2.45) is 5.73 Å². The van der Waals surface area contributed by atoms with Gasteiger partial charge >= 0.3 is 0 Å². The van der Waals surface area contributed by atoms with Crippen LogP contribution in [-0.2, 0) is 12.8 Å². The first-order chi connectivity index (χ1) is 7.29. The summed E-state index contributed by atoms with van der Waals surface area (Å²) in [5.41, 5.74) is 8.26. The summed E-state index contributed by atoms with van der Waals surface area (Å²) in [6.07, 6.45) is 2.11. The molecule has 0 unspecified atom stereocenters. The van der Waals surface area contributed by atoms with Gasteiger partial charge in [-0.3, -0.25) is 4.90 Å². The van der Waals surface area contributed by atoms with Crippen LogP contribution < -0.4 is 10.5 Å². The number of nitrogens with two attached hydrogens (primary N) is 1. The lowest BCUT2D eigenvalue weighted by Crippen LogP contribution is -2.27. The van der Waals surface area contributed by atoms with Crippen LogP contribution in [0.4, 0.5) is 0 Å². The van der Waals surface area contributed by atoms with Crippen LogP contribution in [0.25, 0.3) is 0 Å². The van der Waals surface area contributed by atoms with Crippen molar-refractivity contribution in [3.8, 4) is 5.75 Å². The smallest absolute Gasteiger partial charge is 0.122 e. The van der Waals surface area contributed by atoms with Crippen LogP contribution in [-0.4, -0.2) is 31.8 Å². The fraction of sp³-hybridized carbons (Fsp3) is 0.500. The van der Waals surface area contributed by atoms with Crippen molar-refractivity contribution in [3.63, 3.8) is 0 Å². The molecule has 0 spiro atoms. The lowest BCUT2D eigenvalue weighted by atomic mass is 10.1. The van der Waals surface area contributed by atoms with Crippen molar-refractivity contribution >= 4 is 0 Å². The van der Waals surface area contributed by atoms with Crippen LogP contribution in [0.1, 0.15) is 11.1 Å². The Morgan fingerprint density at radius 3 is 3.13 bits per heavy atom. The zero-order valence-electron chi connectivity index (χ0n) is 9.20. The third kappa shape index (κ3) is 2.49. The zero-order chi connectivity index (χ0) is 10.7. The van der Waals surface area contributed by atoms with E-state index in [-0.39, 0.29) is 0 Å². The largest absolute Gasteiger partial charge is 0.493 e. The first-order valence-corrected chi connectivity index (χ1v) is 5.43. The lowest BCUT2D eigenvalue weighted by Gasteiger charge is -2.13. The molecule has 0 fully saturated rings. The number of rotatable bonds is 4. The molecule has 0 atom stereocenters. The number of hydrogen-bond donors (Lipinski definition) is 1. The maximum absolute atomic E-state index is 5.53. The van der Waals surface area contributed by atoms with Crippen molar-refractivity contribution in [2.75, 3.05) is 26.9 Å². The molecule has 0 aromatic heterocycles. The molecule has 3 nitrogen and oxygen atoms in total. The summed E-state index contributed by atoms with van der Waals surface area (Å²) >= 11 is 0. The van der Waals surface area contributed by atoms with Gasteiger partial charge in [0.25, 0.3) is 0 Å². The normalized spacial score (nSPS) is 14.1. The monoisotopic (exact) mass is 206 g/mol. The second-order valence-corrected chi connectivity index (χ2v) is 4.05. The summed E-state index contributed by atoms with van der Waals surface area (Å²) < 4.78 is 5.47. The minimum Gasteiger partial charge on any atom is -0.493 e. The van der Waals surface area contributed by atoms with Gasteiger partial charge in [-0.25, -0.2) is 0 Å². The van der Waals surface area contributed by atoms with E-state index in [9.17, 15) is 0 Å². The highest BCUT2D eigenvalue weighted by Gasteiger charge is 2.11. The molecule has 0 bridgehead atoms. The van der Waals surface area contributed by atoms with Crippen molar-refractivity contribution in [1.29, 1.82) is 0 Å². The van der Waals surface area contributed by atoms with Crippen LogP contribution in [0.5, 0.6) is 5.75 Å². The molecular formula is C12H18N2O. The van der Waals surface area contributed by atoms with E-state index in [4.69, 9.17) is 10.5 Å². The third-order valence-corrected chi connectivity index (χ3v) is 2.85. The van der Waals surface area contributed by atoms with Gasteiger partial charge in [0, 0.05) is 19.6 Å². The SMILES string of the molecule is CN(CN)CCc1ccc2c(c1)CCO2. The maximum Gasteiger partial charge on any atom is 0.122 e. The van der Waals surface area contributed by atoms with Crippen molar-refractivity contribution in [1.82, 2.24) is 4.90 Å². The van der Waals surface area contributed by atoms with Crippen LogP contribution in [0.3, 0.4) is 0 Å². The minimum absolute atomic E-state index is 0.619.